The third kappa shape index (κ3) is 4.18. The van der Waals surface area contributed by atoms with Crippen LogP contribution in [0.2, 0.25) is 0 Å². The second kappa shape index (κ2) is 7.60. The maximum Gasteiger partial charge on any atom is 0.0485 e. The highest BCUT2D eigenvalue weighted by atomic mass is 16.5. The van der Waals surface area contributed by atoms with E-state index >= 15 is 0 Å². The molecule has 1 fully saturated rings. The van der Waals surface area contributed by atoms with Crippen molar-refractivity contribution in [1.82, 2.24) is 10.3 Å². The predicted octanol–water partition coefficient (Wildman–Crippen LogP) is 2.44. The Hall–Kier alpha value is -1.13. The van der Waals surface area contributed by atoms with Gasteiger partial charge in [-0.05, 0) is 31.4 Å². The molecule has 0 aromatic carbocycles. The second-order valence-electron chi connectivity index (χ2n) is 5.98. The Morgan fingerprint density at radius 3 is 2.85 bits per heavy atom. The van der Waals surface area contributed by atoms with Gasteiger partial charge in [0.05, 0.1) is 0 Å². The lowest BCUT2D eigenvalue weighted by molar-refractivity contribution is 0.0854. The van der Waals surface area contributed by atoms with Crippen molar-refractivity contribution in [3.8, 4) is 0 Å². The van der Waals surface area contributed by atoms with E-state index in [1.165, 1.54) is 11.3 Å². The summed E-state index contributed by atoms with van der Waals surface area (Å²) in [5, 5.41) is 3.51. The number of pyridine rings is 1. The number of hydrogen-bond donors (Lipinski definition) is 1. The molecule has 1 aliphatic heterocycles. The Labute approximate surface area is 122 Å². The minimum absolute atomic E-state index is 0.579. The van der Waals surface area contributed by atoms with E-state index in [9.17, 15) is 0 Å². The third-order valence-corrected chi connectivity index (χ3v) is 3.86. The van der Waals surface area contributed by atoms with Crippen molar-refractivity contribution in [3.63, 3.8) is 0 Å². The molecule has 1 saturated heterocycles. The molecule has 0 bridgehead atoms. The van der Waals surface area contributed by atoms with Crippen molar-refractivity contribution in [3.05, 3.63) is 24.0 Å². The molecule has 2 rings (SSSR count). The third-order valence-electron chi connectivity index (χ3n) is 3.86. The quantitative estimate of drug-likeness (QED) is 0.866. The van der Waals surface area contributed by atoms with Crippen LogP contribution in [0, 0.1) is 5.92 Å². The van der Waals surface area contributed by atoms with Gasteiger partial charge in [0.15, 0.2) is 0 Å². The van der Waals surface area contributed by atoms with Crippen LogP contribution in [0.15, 0.2) is 18.5 Å². The van der Waals surface area contributed by atoms with E-state index in [2.05, 4.69) is 42.2 Å². The van der Waals surface area contributed by atoms with Gasteiger partial charge in [-0.1, -0.05) is 13.8 Å². The summed E-state index contributed by atoms with van der Waals surface area (Å²) < 4.78 is 5.46. The highest BCUT2D eigenvalue weighted by Crippen LogP contribution is 2.24. The largest absolute Gasteiger partial charge is 0.381 e. The van der Waals surface area contributed by atoms with Crippen molar-refractivity contribution in [2.75, 3.05) is 31.7 Å². The first kappa shape index (κ1) is 15.3. The standard InChI is InChI=1S/C16H27N3O/c1-13(2)10-18-12-14-11-17-7-4-16(14)19(3)15-5-8-20-9-6-15/h4,7,11,13,15,18H,5-6,8-10,12H2,1-3H3. The maximum absolute atomic E-state index is 5.46. The topological polar surface area (TPSA) is 37.4 Å². The molecule has 112 valence electrons. The lowest BCUT2D eigenvalue weighted by Crippen LogP contribution is -2.37. The SMILES string of the molecule is CC(C)CNCc1cnccc1N(C)C1CCOCC1. The molecule has 0 spiro atoms. The van der Waals surface area contributed by atoms with Crippen molar-refractivity contribution in [2.45, 2.75) is 39.3 Å². The molecule has 0 saturated carbocycles. The van der Waals surface area contributed by atoms with Gasteiger partial charge in [0.1, 0.15) is 0 Å². The van der Waals surface area contributed by atoms with Crippen LogP contribution in [-0.4, -0.2) is 37.8 Å². The van der Waals surface area contributed by atoms with Gasteiger partial charge >= 0.3 is 0 Å². The lowest BCUT2D eigenvalue weighted by atomic mass is 10.1. The summed E-state index contributed by atoms with van der Waals surface area (Å²) in [7, 11) is 2.19. The van der Waals surface area contributed by atoms with Gasteiger partial charge in [-0.15, -0.1) is 0 Å². The van der Waals surface area contributed by atoms with Gasteiger partial charge in [0.2, 0.25) is 0 Å². The second-order valence-corrected chi connectivity index (χ2v) is 5.98. The number of hydrogen-bond acceptors (Lipinski definition) is 4. The van der Waals surface area contributed by atoms with E-state index in [4.69, 9.17) is 4.74 Å². The van der Waals surface area contributed by atoms with Crippen LogP contribution in [0.5, 0.6) is 0 Å². The zero-order valence-corrected chi connectivity index (χ0v) is 12.9. The Balaban J connectivity index is 2.02. The van der Waals surface area contributed by atoms with Crippen LogP contribution in [0.4, 0.5) is 5.69 Å². The molecule has 20 heavy (non-hydrogen) atoms. The number of nitrogens with one attached hydrogen (secondary N) is 1. The van der Waals surface area contributed by atoms with Crippen LogP contribution in [0.3, 0.4) is 0 Å². The van der Waals surface area contributed by atoms with E-state index < -0.39 is 0 Å². The molecule has 4 heteroatoms. The minimum atomic E-state index is 0.579. The summed E-state index contributed by atoms with van der Waals surface area (Å²) in [6, 6.07) is 2.71. The Morgan fingerprint density at radius 1 is 1.40 bits per heavy atom. The molecule has 0 amide bonds. The van der Waals surface area contributed by atoms with Crippen LogP contribution in [0.25, 0.3) is 0 Å². The van der Waals surface area contributed by atoms with E-state index in [1.807, 2.05) is 12.4 Å². The highest BCUT2D eigenvalue weighted by Gasteiger charge is 2.20. The van der Waals surface area contributed by atoms with Gasteiger partial charge in [0, 0.05) is 56.5 Å². The van der Waals surface area contributed by atoms with Gasteiger partial charge in [0.25, 0.3) is 0 Å². The molecular weight excluding hydrogens is 250 g/mol. The predicted molar refractivity (Wildman–Crippen MR) is 83.0 cm³/mol. The van der Waals surface area contributed by atoms with E-state index in [-0.39, 0.29) is 0 Å². The number of ether oxygens (including phenoxy) is 1. The fourth-order valence-corrected chi connectivity index (χ4v) is 2.66. The number of nitrogens with zero attached hydrogens (tertiary/aromatic N) is 2. The van der Waals surface area contributed by atoms with Gasteiger partial charge < -0.3 is 15.0 Å². The molecule has 4 nitrogen and oxygen atoms in total. The monoisotopic (exact) mass is 277 g/mol. The maximum atomic E-state index is 5.46. The Morgan fingerprint density at radius 2 is 2.15 bits per heavy atom. The zero-order chi connectivity index (χ0) is 14.4. The van der Waals surface area contributed by atoms with Crippen molar-refractivity contribution in [1.29, 1.82) is 0 Å². The summed E-state index contributed by atoms with van der Waals surface area (Å²) in [6.45, 7) is 8.13. The van der Waals surface area contributed by atoms with E-state index in [0.29, 0.717) is 12.0 Å². The van der Waals surface area contributed by atoms with Crippen LogP contribution < -0.4 is 10.2 Å². The van der Waals surface area contributed by atoms with Crippen LogP contribution in [0.1, 0.15) is 32.3 Å². The molecule has 0 unspecified atom stereocenters. The van der Waals surface area contributed by atoms with Crippen LogP contribution in [-0.2, 0) is 11.3 Å². The minimum Gasteiger partial charge on any atom is -0.381 e. The zero-order valence-electron chi connectivity index (χ0n) is 12.9. The Kier molecular flexibility index (Phi) is 5.80. The molecule has 1 aliphatic rings. The van der Waals surface area contributed by atoms with Gasteiger partial charge in [-0.2, -0.15) is 0 Å². The van der Waals surface area contributed by atoms with E-state index in [0.717, 1.165) is 39.1 Å². The normalized spacial score (nSPS) is 16.6. The molecule has 1 aromatic heterocycles. The molecule has 0 radical (unpaired) electrons. The Bertz CT molecular complexity index is 402. The van der Waals surface area contributed by atoms with Gasteiger partial charge in [-0.25, -0.2) is 0 Å². The van der Waals surface area contributed by atoms with Crippen molar-refractivity contribution in [2.24, 2.45) is 5.92 Å². The summed E-state index contributed by atoms with van der Waals surface area (Å²) in [5.41, 5.74) is 2.57. The summed E-state index contributed by atoms with van der Waals surface area (Å²) >= 11 is 0. The lowest BCUT2D eigenvalue weighted by Gasteiger charge is -2.34. The molecule has 1 N–H and O–H groups in total. The summed E-state index contributed by atoms with van der Waals surface area (Å²) in [4.78, 5) is 6.68. The van der Waals surface area contributed by atoms with Crippen LogP contribution >= 0.6 is 0 Å². The number of anilines is 1. The fourth-order valence-electron chi connectivity index (χ4n) is 2.66. The smallest absolute Gasteiger partial charge is 0.0485 e. The number of aromatic nitrogens is 1. The van der Waals surface area contributed by atoms with Crippen molar-refractivity contribution >= 4 is 5.69 Å². The summed E-state index contributed by atoms with van der Waals surface area (Å²) in [6.07, 6.45) is 6.09. The molecule has 2 heterocycles. The van der Waals surface area contributed by atoms with Gasteiger partial charge in [-0.3, -0.25) is 4.98 Å². The van der Waals surface area contributed by atoms with Crippen molar-refractivity contribution < 1.29 is 4.74 Å². The molecular formula is C16H27N3O. The molecule has 0 aliphatic carbocycles. The fraction of sp³-hybridized carbons (Fsp3) is 0.688. The first-order valence-corrected chi connectivity index (χ1v) is 7.62. The average Bonchev–Trinajstić information content (AvgIpc) is 2.47. The first-order chi connectivity index (χ1) is 9.68. The molecule has 1 aromatic rings. The summed E-state index contributed by atoms with van der Waals surface area (Å²) in [5.74, 6) is 0.670. The number of rotatable bonds is 6. The average molecular weight is 277 g/mol. The van der Waals surface area contributed by atoms with E-state index in [1.54, 1.807) is 0 Å². The first-order valence-electron chi connectivity index (χ1n) is 7.62. The highest BCUT2D eigenvalue weighted by molar-refractivity contribution is 5.52. The molecule has 0 atom stereocenters.